The van der Waals surface area contributed by atoms with Crippen LogP contribution in [0.15, 0.2) is 18.2 Å². The summed E-state index contributed by atoms with van der Waals surface area (Å²) < 4.78 is 0. The maximum atomic E-state index is 12.2. The molecule has 3 nitrogen and oxygen atoms in total. The average Bonchev–Trinajstić information content (AvgIpc) is 2.49. The number of nitrogens with zero attached hydrogens (tertiary/aromatic N) is 1. The van der Waals surface area contributed by atoms with E-state index in [1.807, 2.05) is 18.2 Å². The zero-order valence-electron chi connectivity index (χ0n) is 13.2. The van der Waals surface area contributed by atoms with Gasteiger partial charge in [-0.15, -0.1) is 0 Å². The number of benzene rings is 1. The summed E-state index contributed by atoms with van der Waals surface area (Å²) in [6, 6.07) is 5.58. The van der Waals surface area contributed by atoms with Crippen molar-refractivity contribution in [2.24, 2.45) is 11.8 Å². The van der Waals surface area contributed by atoms with E-state index in [9.17, 15) is 4.79 Å². The molecule has 0 unspecified atom stereocenters. The molecule has 122 valence electrons. The number of piperidine rings is 1. The second-order valence-electron chi connectivity index (χ2n) is 6.41. The Morgan fingerprint density at radius 3 is 2.68 bits per heavy atom. The molecule has 1 saturated heterocycles. The molecule has 1 aliphatic rings. The quantitative estimate of drug-likeness (QED) is 0.877. The number of rotatable bonds is 5. The first-order chi connectivity index (χ1) is 10.5. The highest BCUT2D eigenvalue weighted by atomic mass is 35.5. The third-order valence-electron chi connectivity index (χ3n) is 4.00. The van der Waals surface area contributed by atoms with Gasteiger partial charge >= 0.3 is 0 Å². The van der Waals surface area contributed by atoms with E-state index in [4.69, 9.17) is 23.2 Å². The molecule has 1 heterocycles. The SMILES string of the molecule is CC(C)CNC(=O)[C@H]1CCCN(Cc2c(Cl)cccc2Cl)C1. The van der Waals surface area contributed by atoms with Gasteiger partial charge in [-0.3, -0.25) is 9.69 Å². The molecule has 22 heavy (non-hydrogen) atoms. The van der Waals surface area contributed by atoms with Gasteiger partial charge in [-0.2, -0.15) is 0 Å². The van der Waals surface area contributed by atoms with Crippen molar-refractivity contribution in [3.8, 4) is 0 Å². The van der Waals surface area contributed by atoms with Crippen LogP contribution in [0.2, 0.25) is 10.0 Å². The molecule has 1 aromatic rings. The van der Waals surface area contributed by atoms with Crippen LogP contribution in [0.1, 0.15) is 32.3 Å². The molecule has 1 atom stereocenters. The van der Waals surface area contributed by atoms with Crippen molar-refractivity contribution in [1.29, 1.82) is 0 Å². The van der Waals surface area contributed by atoms with Crippen LogP contribution in [0.25, 0.3) is 0 Å². The van der Waals surface area contributed by atoms with Crippen LogP contribution in [0.5, 0.6) is 0 Å². The summed E-state index contributed by atoms with van der Waals surface area (Å²) in [5.41, 5.74) is 0.953. The van der Waals surface area contributed by atoms with E-state index in [-0.39, 0.29) is 11.8 Å². The fourth-order valence-electron chi connectivity index (χ4n) is 2.77. The summed E-state index contributed by atoms with van der Waals surface area (Å²) in [7, 11) is 0. The summed E-state index contributed by atoms with van der Waals surface area (Å²) in [6.07, 6.45) is 1.98. The molecule has 5 heteroatoms. The minimum absolute atomic E-state index is 0.0637. The van der Waals surface area contributed by atoms with Gasteiger partial charge in [0.15, 0.2) is 0 Å². The van der Waals surface area contributed by atoms with Crippen molar-refractivity contribution in [3.63, 3.8) is 0 Å². The monoisotopic (exact) mass is 342 g/mol. The number of carbonyl (C=O) groups is 1. The second-order valence-corrected chi connectivity index (χ2v) is 7.23. The Morgan fingerprint density at radius 1 is 1.36 bits per heavy atom. The lowest BCUT2D eigenvalue weighted by Gasteiger charge is -2.32. The number of nitrogens with one attached hydrogen (secondary N) is 1. The predicted octanol–water partition coefficient (Wildman–Crippen LogP) is 3.98. The lowest BCUT2D eigenvalue weighted by atomic mass is 9.96. The van der Waals surface area contributed by atoms with E-state index in [1.54, 1.807) is 0 Å². The molecule has 1 aliphatic heterocycles. The molecular weight excluding hydrogens is 319 g/mol. The first-order valence-corrected chi connectivity index (χ1v) is 8.66. The zero-order chi connectivity index (χ0) is 16.1. The van der Waals surface area contributed by atoms with Gasteiger partial charge in [-0.25, -0.2) is 0 Å². The third-order valence-corrected chi connectivity index (χ3v) is 4.71. The maximum Gasteiger partial charge on any atom is 0.224 e. The standard InChI is InChI=1S/C17H24Cl2N2O/c1-12(2)9-20-17(22)13-5-4-8-21(10-13)11-14-15(18)6-3-7-16(14)19/h3,6-7,12-13H,4-5,8-11H2,1-2H3,(H,20,22)/t13-/m0/s1. The lowest BCUT2D eigenvalue weighted by Crippen LogP contribution is -2.43. The molecule has 0 radical (unpaired) electrons. The smallest absolute Gasteiger partial charge is 0.224 e. The molecule has 1 aromatic carbocycles. The third kappa shape index (κ3) is 4.87. The van der Waals surface area contributed by atoms with Crippen molar-refractivity contribution >= 4 is 29.1 Å². The highest BCUT2D eigenvalue weighted by Gasteiger charge is 2.26. The first kappa shape index (κ1) is 17.6. The van der Waals surface area contributed by atoms with Gasteiger partial charge in [0.25, 0.3) is 0 Å². The van der Waals surface area contributed by atoms with Gasteiger partial charge in [0.05, 0.1) is 5.92 Å². The maximum absolute atomic E-state index is 12.2. The van der Waals surface area contributed by atoms with Gasteiger partial charge < -0.3 is 5.32 Å². The van der Waals surface area contributed by atoms with Crippen LogP contribution < -0.4 is 5.32 Å². The molecule has 1 amide bonds. The van der Waals surface area contributed by atoms with Gasteiger partial charge in [0.2, 0.25) is 5.91 Å². The summed E-state index contributed by atoms with van der Waals surface area (Å²) in [5.74, 6) is 0.711. The van der Waals surface area contributed by atoms with Crippen molar-refractivity contribution < 1.29 is 4.79 Å². The van der Waals surface area contributed by atoms with Crippen molar-refractivity contribution in [1.82, 2.24) is 10.2 Å². The number of hydrogen-bond acceptors (Lipinski definition) is 2. The summed E-state index contributed by atoms with van der Waals surface area (Å²) >= 11 is 12.5. The Balaban J connectivity index is 1.94. The Labute approximate surface area is 143 Å². The summed E-state index contributed by atoms with van der Waals surface area (Å²) in [5, 5.41) is 4.43. The van der Waals surface area contributed by atoms with Gasteiger partial charge in [-0.1, -0.05) is 43.1 Å². The fraction of sp³-hybridized carbons (Fsp3) is 0.588. The Kier molecular flexibility index (Phi) is 6.54. The van der Waals surface area contributed by atoms with Crippen LogP contribution in [0.4, 0.5) is 0 Å². The molecule has 0 aliphatic carbocycles. The molecule has 0 saturated carbocycles. The van der Waals surface area contributed by atoms with Gasteiger partial charge in [0.1, 0.15) is 0 Å². The normalized spacial score (nSPS) is 19.4. The molecule has 1 N–H and O–H groups in total. The average molecular weight is 343 g/mol. The number of likely N-dealkylation sites (tertiary alicyclic amines) is 1. The lowest BCUT2D eigenvalue weighted by molar-refractivity contribution is -0.126. The first-order valence-electron chi connectivity index (χ1n) is 7.90. The minimum Gasteiger partial charge on any atom is -0.356 e. The van der Waals surface area contributed by atoms with Crippen molar-refractivity contribution in [2.75, 3.05) is 19.6 Å². The van der Waals surface area contributed by atoms with Crippen molar-refractivity contribution in [2.45, 2.75) is 33.2 Å². The molecule has 0 aromatic heterocycles. The van der Waals surface area contributed by atoms with Gasteiger partial charge in [-0.05, 0) is 37.4 Å². The molecule has 2 rings (SSSR count). The largest absolute Gasteiger partial charge is 0.356 e. The van der Waals surface area contributed by atoms with E-state index >= 15 is 0 Å². The van der Waals surface area contributed by atoms with Crippen LogP contribution >= 0.6 is 23.2 Å². The Bertz CT molecular complexity index is 499. The Hall–Kier alpha value is -0.770. The highest BCUT2D eigenvalue weighted by Crippen LogP contribution is 2.27. The summed E-state index contributed by atoms with van der Waals surface area (Å²) in [6.45, 7) is 7.40. The van der Waals surface area contributed by atoms with Crippen LogP contribution in [-0.2, 0) is 11.3 Å². The highest BCUT2D eigenvalue weighted by molar-refractivity contribution is 6.35. The molecule has 1 fully saturated rings. The molecule has 0 bridgehead atoms. The minimum atomic E-state index is 0.0637. The van der Waals surface area contributed by atoms with E-state index in [1.165, 1.54) is 0 Å². The van der Waals surface area contributed by atoms with Crippen LogP contribution in [0.3, 0.4) is 0 Å². The van der Waals surface area contributed by atoms with E-state index in [0.29, 0.717) is 22.5 Å². The zero-order valence-corrected chi connectivity index (χ0v) is 14.8. The van der Waals surface area contributed by atoms with E-state index in [2.05, 4.69) is 24.1 Å². The fourth-order valence-corrected chi connectivity index (χ4v) is 3.29. The van der Waals surface area contributed by atoms with Crippen LogP contribution in [-0.4, -0.2) is 30.4 Å². The topological polar surface area (TPSA) is 32.3 Å². The van der Waals surface area contributed by atoms with Crippen molar-refractivity contribution in [3.05, 3.63) is 33.8 Å². The number of carbonyl (C=O) groups excluding carboxylic acids is 1. The van der Waals surface area contributed by atoms with E-state index in [0.717, 1.165) is 38.0 Å². The summed E-state index contributed by atoms with van der Waals surface area (Å²) in [4.78, 5) is 14.5. The van der Waals surface area contributed by atoms with E-state index < -0.39 is 0 Å². The van der Waals surface area contributed by atoms with Crippen LogP contribution in [0, 0.1) is 11.8 Å². The molecule has 0 spiro atoms. The second kappa shape index (κ2) is 8.19. The number of amides is 1. The number of halogens is 2. The molecular formula is C17H24Cl2N2O. The van der Waals surface area contributed by atoms with Gasteiger partial charge in [0, 0.05) is 35.2 Å². The predicted molar refractivity (Wildman–Crippen MR) is 92.3 cm³/mol. The number of hydrogen-bond donors (Lipinski definition) is 1. The Morgan fingerprint density at radius 2 is 2.05 bits per heavy atom.